The fourth-order valence-corrected chi connectivity index (χ4v) is 1.76. The van der Waals surface area contributed by atoms with Crippen LogP contribution in [0.1, 0.15) is 18.4 Å². The van der Waals surface area contributed by atoms with E-state index in [0.717, 1.165) is 0 Å². The number of amides is 2. The number of aliphatic carboxylic acids is 1. The molecule has 0 heterocycles. The van der Waals surface area contributed by atoms with Crippen LogP contribution >= 0.6 is 0 Å². The van der Waals surface area contributed by atoms with Crippen molar-refractivity contribution in [3.05, 3.63) is 35.6 Å². The largest absolute Gasteiger partial charge is 0.481 e. The van der Waals surface area contributed by atoms with Crippen LogP contribution in [0.3, 0.4) is 0 Å². The van der Waals surface area contributed by atoms with Gasteiger partial charge in [-0.3, -0.25) is 4.79 Å². The molecule has 0 bridgehead atoms. The summed E-state index contributed by atoms with van der Waals surface area (Å²) in [6.45, 7) is 0.320. The number of carboxylic acids is 1. The molecule has 1 aromatic carbocycles. The lowest BCUT2D eigenvalue weighted by atomic mass is 10.1. The molecule has 1 aliphatic carbocycles. The highest BCUT2D eigenvalue weighted by Gasteiger charge is 2.50. The minimum Gasteiger partial charge on any atom is -0.481 e. The second kappa shape index (κ2) is 5.26. The molecule has 1 aromatic rings. The second-order valence-electron chi connectivity index (χ2n) is 4.75. The van der Waals surface area contributed by atoms with Crippen molar-refractivity contribution in [1.29, 1.82) is 0 Å². The number of carbonyl (C=O) groups excluding carboxylic acids is 1. The summed E-state index contributed by atoms with van der Waals surface area (Å²) in [5, 5.41) is 14.0. The molecule has 0 atom stereocenters. The lowest BCUT2D eigenvalue weighted by molar-refractivity contribution is -0.143. The summed E-state index contributed by atoms with van der Waals surface area (Å²) in [6.07, 6.45) is 1.18. The predicted molar refractivity (Wildman–Crippen MR) is 65.9 cm³/mol. The highest BCUT2D eigenvalue weighted by molar-refractivity contribution is 5.80. The van der Waals surface area contributed by atoms with Crippen molar-refractivity contribution in [1.82, 2.24) is 10.6 Å². The Morgan fingerprint density at radius 3 is 2.63 bits per heavy atom. The summed E-state index contributed by atoms with van der Waals surface area (Å²) in [5.41, 5.74) is -0.134. The van der Waals surface area contributed by atoms with Crippen LogP contribution in [0.5, 0.6) is 0 Å². The minimum absolute atomic E-state index is 0.122. The van der Waals surface area contributed by atoms with Gasteiger partial charge in [0.05, 0.1) is 5.41 Å². The number of benzene rings is 1. The van der Waals surface area contributed by atoms with E-state index in [2.05, 4.69) is 10.6 Å². The van der Waals surface area contributed by atoms with Gasteiger partial charge in [0.2, 0.25) is 0 Å². The quantitative estimate of drug-likeness (QED) is 0.755. The zero-order valence-electron chi connectivity index (χ0n) is 10.3. The molecular weight excluding hydrogens is 251 g/mol. The average Bonchev–Trinajstić information content (AvgIpc) is 3.15. The minimum atomic E-state index is -0.877. The number of nitrogens with one attached hydrogen (secondary N) is 2. The molecule has 0 aromatic heterocycles. The van der Waals surface area contributed by atoms with Crippen LogP contribution in [-0.2, 0) is 11.3 Å². The standard InChI is InChI=1S/C13H15FN2O3/c14-10-3-1-2-9(6-10)7-15-12(19)16-8-13(4-5-13)11(17)18/h1-3,6H,4-5,7-8H2,(H,17,18)(H2,15,16,19). The van der Waals surface area contributed by atoms with Gasteiger partial charge in [0, 0.05) is 13.1 Å². The molecule has 0 spiro atoms. The molecule has 0 radical (unpaired) electrons. The topological polar surface area (TPSA) is 78.4 Å². The van der Waals surface area contributed by atoms with Crippen molar-refractivity contribution < 1.29 is 19.1 Å². The molecule has 1 saturated carbocycles. The normalized spacial score (nSPS) is 15.6. The monoisotopic (exact) mass is 266 g/mol. The average molecular weight is 266 g/mol. The fraction of sp³-hybridized carbons (Fsp3) is 0.385. The van der Waals surface area contributed by atoms with E-state index in [9.17, 15) is 14.0 Å². The SMILES string of the molecule is O=C(NCc1cccc(F)c1)NCC1(C(=O)O)CC1. The zero-order valence-corrected chi connectivity index (χ0v) is 10.3. The lowest BCUT2D eigenvalue weighted by Crippen LogP contribution is -2.40. The maximum atomic E-state index is 12.9. The van der Waals surface area contributed by atoms with E-state index in [4.69, 9.17) is 5.11 Å². The number of halogens is 1. The first-order chi connectivity index (χ1) is 9.02. The lowest BCUT2D eigenvalue weighted by Gasteiger charge is -2.12. The molecule has 2 rings (SSSR count). The van der Waals surface area contributed by atoms with Gasteiger partial charge in [-0.25, -0.2) is 9.18 Å². The van der Waals surface area contributed by atoms with Gasteiger partial charge in [-0.05, 0) is 30.5 Å². The van der Waals surface area contributed by atoms with Crippen molar-refractivity contribution in [2.75, 3.05) is 6.54 Å². The number of carboxylic acid groups (broad SMARTS) is 1. The molecule has 2 amide bonds. The van der Waals surface area contributed by atoms with E-state index in [1.54, 1.807) is 12.1 Å². The van der Waals surface area contributed by atoms with E-state index < -0.39 is 17.4 Å². The van der Waals surface area contributed by atoms with Crippen molar-refractivity contribution >= 4 is 12.0 Å². The van der Waals surface area contributed by atoms with E-state index in [-0.39, 0.29) is 18.9 Å². The Morgan fingerprint density at radius 2 is 2.05 bits per heavy atom. The molecule has 1 aliphatic rings. The van der Waals surface area contributed by atoms with Crippen LogP contribution in [0.25, 0.3) is 0 Å². The van der Waals surface area contributed by atoms with E-state index in [1.165, 1.54) is 12.1 Å². The summed E-state index contributed by atoms with van der Waals surface area (Å²) >= 11 is 0. The van der Waals surface area contributed by atoms with Gasteiger partial charge in [0.25, 0.3) is 0 Å². The van der Waals surface area contributed by atoms with Gasteiger partial charge in [-0.15, -0.1) is 0 Å². The first kappa shape index (κ1) is 13.3. The molecule has 5 nitrogen and oxygen atoms in total. The Bertz CT molecular complexity index is 500. The first-order valence-electron chi connectivity index (χ1n) is 6.01. The Kier molecular flexibility index (Phi) is 3.69. The van der Waals surface area contributed by atoms with Crippen LogP contribution in [-0.4, -0.2) is 23.7 Å². The summed E-state index contributed by atoms with van der Waals surface area (Å²) in [5.74, 6) is -1.24. The van der Waals surface area contributed by atoms with Crippen LogP contribution in [0.2, 0.25) is 0 Å². The van der Waals surface area contributed by atoms with Crippen molar-refractivity contribution in [3.8, 4) is 0 Å². The maximum Gasteiger partial charge on any atom is 0.315 e. The Hall–Kier alpha value is -2.11. The molecule has 19 heavy (non-hydrogen) atoms. The number of hydrogen-bond donors (Lipinski definition) is 3. The molecule has 0 aliphatic heterocycles. The third-order valence-electron chi connectivity index (χ3n) is 3.24. The number of hydrogen-bond acceptors (Lipinski definition) is 2. The Balaban J connectivity index is 1.75. The second-order valence-corrected chi connectivity index (χ2v) is 4.75. The highest BCUT2D eigenvalue weighted by Crippen LogP contribution is 2.45. The maximum absolute atomic E-state index is 12.9. The summed E-state index contributed by atoms with van der Waals surface area (Å²) < 4.78 is 12.9. The van der Waals surface area contributed by atoms with Crippen molar-refractivity contribution in [2.24, 2.45) is 5.41 Å². The predicted octanol–water partition coefficient (Wildman–Crippen LogP) is 1.49. The molecule has 1 fully saturated rings. The van der Waals surface area contributed by atoms with Gasteiger partial charge in [0.1, 0.15) is 5.82 Å². The third kappa shape index (κ3) is 3.43. The van der Waals surface area contributed by atoms with E-state index >= 15 is 0 Å². The fourth-order valence-electron chi connectivity index (χ4n) is 1.76. The summed E-state index contributed by atoms with van der Waals surface area (Å²) in [7, 11) is 0. The number of carbonyl (C=O) groups is 2. The molecular formula is C13H15FN2O3. The Morgan fingerprint density at radius 1 is 1.32 bits per heavy atom. The zero-order chi connectivity index (χ0) is 13.9. The Labute approximate surface area is 109 Å². The molecule has 102 valence electrons. The van der Waals surface area contributed by atoms with Crippen molar-refractivity contribution in [3.63, 3.8) is 0 Å². The van der Waals surface area contributed by atoms with Gasteiger partial charge in [-0.1, -0.05) is 12.1 Å². The summed E-state index contributed by atoms with van der Waals surface area (Å²) in [6, 6.07) is 5.47. The molecule has 3 N–H and O–H groups in total. The van der Waals surface area contributed by atoms with Crippen molar-refractivity contribution in [2.45, 2.75) is 19.4 Å². The van der Waals surface area contributed by atoms with Gasteiger partial charge in [-0.2, -0.15) is 0 Å². The van der Waals surface area contributed by atoms with Gasteiger partial charge in [0.15, 0.2) is 0 Å². The number of urea groups is 1. The summed E-state index contributed by atoms with van der Waals surface area (Å²) in [4.78, 5) is 22.4. The van der Waals surface area contributed by atoms with Crippen LogP contribution < -0.4 is 10.6 Å². The van der Waals surface area contributed by atoms with E-state index in [1.807, 2.05) is 0 Å². The first-order valence-corrected chi connectivity index (χ1v) is 6.01. The van der Waals surface area contributed by atoms with E-state index in [0.29, 0.717) is 18.4 Å². The van der Waals surface area contributed by atoms with Crippen LogP contribution in [0, 0.1) is 11.2 Å². The molecule has 6 heteroatoms. The van der Waals surface area contributed by atoms with Gasteiger partial charge >= 0.3 is 12.0 Å². The molecule has 0 unspecified atom stereocenters. The number of rotatable bonds is 5. The molecule has 0 saturated heterocycles. The van der Waals surface area contributed by atoms with Crippen LogP contribution in [0.15, 0.2) is 24.3 Å². The highest BCUT2D eigenvalue weighted by atomic mass is 19.1. The third-order valence-corrected chi connectivity index (χ3v) is 3.24. The van der Waals surface area contributed by atoms with Gasteiger partial charge < -0.3 is 15.7 Å². The smallest absolute Gasteiger partial charge is 0.315 e. The van der Waals surface area contributed by atoms with Crippen LogP contribution in [0.4, 0.5) is 9.18 Å².